The molecule has 0 N–H and O–H groups in total. The highest BCUT2D eigenvalue weighted by Crippen LogP contribution is 2.25. The van der Waals surface area contributed by atoms with Crippen LogP contribution in [0.4, 0.5) is 8.78 Å². The zero-order chi connectivity index (χ0) is 14.3. The Kier molecular flexibility index (Phi) is 7.10. The van der Waals surface area contributed by atoms with Crippen LogP contribution in [-0.4, -0.2) is 0 Å². The third-order valence-corrected chi connectivity index (χ3v) is 3.93. The topological polar surface area (TPSA) is 0 Å². The van der Waals surface area contributed by atoms with E-state index in [-0.39, 0.29) is 11.6 Å². The van der Waals surface area contributed by atoms with Gasteiger partial charge in [0.15, 0.2) is 0 Å². The predicted octanol–water partition coefficient (Wildman–Crippen LogP) is 6.05. The molecule has 0 aromatic heterocycles. The van der Waals surface area contributed by atoms with Crippen molar-refractivity contribution in [2.75, 3.05) is 0 Å². The van der Waals surface area contributed by atoms with Crippen molar-refractivity contribution in [1.29, 1.82) is 0 Å². The van der Waals surface area contributed by atoms with Crippen LogP contribution in [0.15, 0.2) is 51.8 Å². The fourth-order valence-electron chi connectivity index (χ4n) is 1.33. The average molecular weight is 345 g/mol. The molecule has 0 aliphatic carbocycles. The molecule has 0 aliphatic rings. The Bertz CT molecular complexity index is 512. The van der Waals surface area contributed by atoms with Crippen LogP contribution in [0.25, 0.3) is 0 Å². The van der Waals surface area contributed by atoms with Crippen molar-refractivity contribution in [2.24, 2.45) is 0 Å². The van der Waals surface area contributed by atoms with E-state index in [1.165, 1.54) is 18.2 Å². The molecule has 2 aromatic carbocycles. The molecule has 102 valence electrons. The molecule has 0 bridgehead atoms. The van der Waals surface area contributed by atoms with E-state index in [0.717, 1.165) is 10.5 Å². The molecule has 19 heavy (non-hydrogen) atoms. The van der Waals surface area contributed by atoms with Crippen LogP contribution < -0.4 is 0 Å². The first-order valence-electron chi connectivity index (χ1n) is 5.97. The minimum atomic E-state index is -0.262. The van der Waals surface area contributed by atoms with Gasteiger partial charge in [0, 0.05) is 10.6 Å². The predicted molar refractivity (Wildman–Crippen MR) is 81.4 cm³/mol. The summed E-state index contributed by atoms with van der Waals surface area (Å²) in [4.78, 5) is 0.967. The third kappa shape index (κ3) is 5.33. The van der Waals surface area contributed by atoms with E-state index in [4.69, 9.17) is 0 Å². The average Bonchev–Trinajstić information content (AvgIpc) is 2.44. The SMILES string of the molecule is CC.Fc1ccc(SCc2ccc(Br)c(F)c2)cc1. The summed E-state index contributed by atoms with van der Waals surface area (Å²) in [6.45, 7) is 4.00. The summed E-state index contributed by atoms with van der Waals surface area (Å²) < 4.78 is 26.4. The van der Waals surface area contributed by atoms with Gasteiger partial charge < -0.3 is 0 Å². The lowest BCUT2D eigenvalue weighted by molar-refractivity contribution is 0.620. The molecule has 0 spiro atoms. The summed E-state index contributed by atoms with van der Waals surface area (Å²) in [7, 11) is 0. The molecule has 0 nitrogen and oxygen atoms in total. The quantitative estimate of drug-likeness (QED) is 0.611. The Morgan fingerprint density at radius 2 is 1.63 bits per heavy atom. The van der Waals surface area contributed by atoms with Crippen LogP contribution in [0.3, 0.4) is 0 Å². The maximum atomic E-state index is 13.3. The molecule has 0 saturated heterocycles. The van der Waals surface area contributed by atoms with Gasteiger partial charge in [-0.3, -0.25) is 0 Å². The second-order valence-corrected chi connectivity index (χ2v) is 5.39. The number of hydrogen-bond acceptors (Lipinski definition) is 1. The second-order valence-electron chi connectivity index (χ2n) is 3.49. The van der Waals surface area contributed by atoms with Crippen LogP contribution in [0, 0.1) is 11.6 Å². The Hall–Kier alpha value is -0.870. The normalized spacial score (nSPS) is 9.74. The van der Waals surface area contributed by atoms with Crippen molar-refractivity contribution in [3.8, 4) is 0 Å². The van der Waals surface area contributed by atoms with Crippen molar-refractivity contribution in [1.82, 2.24) is 0 Å². The van der Waals surface area contributed by atoms with E-state index in [1.54, 1.807) is 30.0 Å². The van der Waals surface area contributed by atoms with Crippen LogP contribution in [-0.2, 0) is 5.75 Å². The van der Waals surface area contributed by atoms with Crippen LogP contribution in [0.1, 0.15) is 19.4 Å². The maximum absolute atomic E-state index is 13.3. The van der Waals surface area contributed by atoms with Gasteiger partial charge in [0.05, 0.1) is 4.47 Å². The van der Waals surface area contributed by atoms with Crippen molar-refractivity contribution in [2.45, 2.75) is 24.5 Å². The minimum absolute atomic E-state index is 0.246. The van der Waals surface area contributed by atoms with Crippen molar-refractivity contribution >= 4 is 27.7 Å². The van der Waals surface area contributed by atoms with Crippen LogP contribution in [0.2, 0.25) is 0 Å². The molecule has 4 heteroatoms. The second kappa shape index (κ2) is 8.33. The molecule has 0 atom stereocenters. The molecule has 0 heterocycles. The minimum Gasteiger partial charge on any atom is -0.207 e. The first-order valence-corrected chi connectivity index (χ1v) is 7.75. The summed E-state index contributed by atoms with van der Waals surface area (Å²) in [6.07, 6.45) is 0. The monoisotopic (exact) mass is 344 g/mol. The van der Waals surface area contributed by atoms with E-state index >= 15 is 0 Å². The summed E-state index contributed by atoms with van der Waals surface area (Å²) in [6, 6.07) is 11.3. The molecular weight excluding hydrogens is 330 g/mol. The van der Waals surface area contributed by atoms with E-state index in [0.29, 0.717) is 10.2 Å². The van der Waals surface area contributed by atoms with Crippen LogP contribution >= 0.6 is 27.7 Å². The number of hydrogen-bond donors (Lipinski definition) is 0. The van der Waals surface area contributed by atoms with Crippen molar-refractivity contribution in [3.05, 3.63) is 64.1 Å². The van der Waals surface area contributed by atoms with Gasteiger partial charge in [-0.25, -0.2) is 8.78 Å². The van der Waals surface area contributed by atoms with Gasteiger partial charge in [-0.1, -0.05) is 19.9 Å². The fraction of sp³-hybridized carbons (Fsp3) is 0.200. The summed E-state index contributed by atoms with van der Waals surface area (Å²) in [5.41, 5.74) is 0.903. The van der Waals surface area contributed by atoms with E-state index in [9.17, 15) is 8.78 Å². The summed E-state index contributed by atoms with van der Waals surface area (Å²) >= 11 is 4.66. The van der Waals surface area contributed by atoms with Gasteiger partial charge in [0.25, 0.3) is 0 Å². The zero-order valence-corrected chi connectivity index (χ0v) is 13.2. The highest BCUT2D eigenvalue weighted by atomic mass is 79.9. The molecule has 0 aliphatic heterocycles. The smallest absolute Gasteiger partial charge is 0.137 e. The molecule has 0 saturated carbocycles. The highest BCUT2D eigenvalue weighted by Gasteiger charge is 2.01. The van der Waals surface area contributed by atoms with Gasteiger partial charge in [0.2, 0.25) is 0 Å². The largest absolute Gasteiger partial charge is 0.207 e. The molecule has 0 unspecified atom stereocenters. The fourth-order valence-corrected chi connectivity index (χ4v) is 2.41. The Balaban J connectivity index is 0.000000861. The van der Waals surface area contributed by atoms with Crippen molar-refractivity contribution < 1.29 is 8.78 Å². The van der Waals surface area contributed by atoms with Gasteiger partial charge in [-0.15, -0.1) is 11.8 Å². The highest BCUT2D eigenvalue weighted by molar-refractivity contribution is 9.10. The maximum Gasteiger partial charge on any atom is 0.137 e. The molecule has 0 radical (unpaired) electrons. The number of thioether (sulfide) groups is 1. The standard InChI is InChI=1S/C13H9BrF2S.C2H6/c14-12-6-1-9(7-13(12)16)8-17-11-4-2-10(15)3-5-11;1-2/h1-7H,8H2;1-2H3. The van der Waals surface area contributed by atoms with E-state index in [2.05, 4.69) is 15.9 Å². The first kappa shape index (κ1) is 16.2. The van der Waals surface area contributed by atoms with Gasteiger partial charge in [-0.2, -0.15) is 0 Å². The van der Waals surface area contributed by atoms with E-state index < -0.39 is 0 Å². The third-order valence-electron chi connectivity index (χ3n) is 2.20. The van der Waals surface area contributed by atoms with Crippen LogP contribution in [0.5, 0.6) is 0 Å². The van der Waals surface area contributed by atoms with E-state index in [1.807, 2.05) is 19.9 Å². The van der Waals surface area contributed by atoms with Gasteiger partial charge in [0.1, 0.15) is 11.6 Å². The van der Waals surface area contributed by atoms with Gasteiger partial charge in [-0.05, 0) is 57.9 Å². The number of halogens is 3. The number of rotatable bonds is 3. The van der Waals surface area contributed by atoms with Crippen molar-refractivity contribution in [3.63, 3.8) is 0 Å². The molecule has 0 fully saturated rings. The summed E-state index contributed by atoms with van der Waals surface area (Å²) in [5.74, 6) is 0.154. The lowest BCUT2D eigenvalue weighted by Crippen LogP contribution is -1.84. The van der Waals surface area contributed by atoms with Gasteiger partial charge >= 0.3 is 0 Å². The lowest BCUT2D eigenvalue weighted by Gasteiger charge is -2.03. The summed E-state index contributed by atoms with van der Waals surface area (Å²) in [5, 5.41) is 0. The zero-order valence-electron chi connectivity index (χ0n) is 10.8. The molecule has 2 rings (SSSR count). The molecule has 0 amide bonds. The Morgan fingerprint density at radius 3 is 2.21 bits per heavy atom. The Morgan fingerprint density at radius 1 is 1.00 bits per heavy atom. The molecule has 2 aromatic rings. The lowest BCUT2D eigenvalue weighted by atomic mass is 10.2. The first-order chi connectivity index (χ1) is 9.15. The molecular formula is C15H15BrF2S. The number of benzene rings is 2. The Labute approximate surface area is 125 Å².